The van der Waals surface area contributed by atoms with Crippen molar-refractivity contribution in [2.45, 2.75) is 44.3 Å². The molecule has 1 fully saturated rings. The average Bonchev–Trinajstić information content (AvgIpc) is 2.47. The van der Waals surface area contributed by atoms with E-state index in [0.717, 1.165) is 24.2 Å². The lowest BCUT2D eigenvalue weighted by Crippen LogP contribution is -2.38. The molecule has 4 nitrogen and oxygen atoms in total. The number of rotatable bonds is 5. The van der Waals surface area contributed by atoms with Gasteiger partial charge in [0.1, 0.15) is 11.5 Å². The lowest BCUT2D eigenvalue weighted by atomic mass is 9.82. The number of hydrogen-bond donors (Lipinski definition) is 1. The third kappa shape index (κ3) is 3.07. The summed E-state index contributed by atoms with van der Waals surface area (Å²) in [4.78, 5) is 0. The zero-order valence-corrected chi connectivity index (χ0v) is 12.5. The highest BCUT2D eigenvalue weighted by Gasteiger charge is 2.38. The predicted octanol–water partition coefficient (Wildman–Crippen LogP) is 2.87. The monoisotopic (exact) mass is 280 g/mol. The molecule has 1 aliphatic rings. The second-order valence-corrected chi connectivity index (χ2v) is 5.33. The van der Waals surface area contributed by atoms with Crippen LogP contribution in [-0.4, -0.2) is 32.0 Å². The van der Waals surface area contributed by atoms with Gasteiger partial charge >= 0.3 is 0 Å². The second-order valence-electron chi connectivity index (χ2n) is 5.33. The maximum absolute atomic E-state index is 11.0. The van der Waals surface area contributed by atoms with Gasteiger partial charge in [-0.05, 0) is 18.6 Å². The summed E-state index contributed by atoms with van der Waals surface area (Å²) >= 11 is 0. The summed E-state index contributed by atoms with van der Waals surface area (Å²) in [7, 11) is 3.24. The van der Waals surface area contributed by atoms with E-state index in [1.807, 2.05) is 18.2 Å². The van der Waals surface area contributed by atoms with Gasteiger partial charge in [-0.2, -0.15) is 0 Å². The number of benzene rings is 1. The lowest BCUT2D eigenvalue weighted by Gasteiger charge is -2.38. The van der Waals surface area contributed by atoms with Crippen LogP contribution in [0, 0.1) is 0 Å². The first-order chi connectivity index (χ1) is 9.62. The van der Waals surface area contributed by atoms with Crippen LogP contribution in [0.3, 0.4) is 0 Å². The predicted molar refractivity (Wildman–Crippen MR) is 77.3 cm³/mol. The highest BCUT2D eigenvalue weighted by Crippen LogP contribution is 2.41. The Morgan fingerprint density at radius 1 is 1.35 bits per heavy atom. The standard InChI is InChI=1S/C16H24O4/c1-4-5-13-11-16(17,8-9-20-13)14-7-6-12(18-2)10-15(14)19-3/h6-7,10,13,17H,4-5,8-9,11H2,1-3H3. The molecule has 0 spiro atoms. The Hall–Kier alpha value is -1.26. The topological polar surface area (TPSA) is 47.9 Å². The SMILES string of the molecule is CCCC1CC(O)(c2ccc(OC)cc2OC)CCO1. The molecule has 0 radical (unpaired) electrons. The summed E-state index contributed by atoms with van der Waals surface area (Å²) in [6.07, 6.45) is 3.35. The van der Waals surface area contributed by atoms with Crippen LogP contribution in [0.5, 0.6) is 11.5 Å². The molecule has 0 aliphatic carbocycles. The molecule has 1 aromatic rings. The first-order valence-corrected chi connectivity index (χ1v) is 7.19. The highest BCUT2D eigenvalue weighted by molar-refractivity contribution is 5.44. The van der Waals surface area contributed by atoms with Crippen LogP contribution in [0.4, 0.5) is 0 Å². The fourth-order valence-corrected chi connectivity index (χ4v) is 2.87. The van der Waals surface area contributed by atoms with Crippen LogP contribution in [-0.2, 0) is 10.3 Å². The normalized spacial score (nSPS) is 26.3. The summed E-state index contributed by atoms with van der Waals surface area (Å²) in [5.41, 5.74) is -0.0550. The molecule has 0 amide bonds. The molecule has 112 valence electrons. The highest BCUT2D eigenvalue weighted by atomic mass is 16.5. The summed E-state index contributed by atoms with van der Waals surface area (Å²) in [6.45, 7) is 2.71. The molecule has 1 aliphatic heterocycles. The fourth-order valence-electron chi connectivity index (χ4n) is 2.87. The van der Waals surface area contributed by atoms with Gasteiger partial charge in [-0.15, -0.1) is 0 Å². The van der Waals surface area contributed by atoms with Crippen LogP contribution < -0.4 is 9.47 Å². The maximum Gasteiger partial charge on any atom is 0.128 e. The molecule has 0 aromatic heterocycles. The van der Waals surface area contributed by atoms with E-state index in [1.54, 1.807) is 14.2 Å². The quantitative estimate of drug-likeness (QED) is 0.901. The first kappa shape index (κ1) is 15.1. The molecule has 0 bridgehead atoms. The minimum Gasteiger partial charge on any atom is -0.497 e. The molecular formula is C16H24O4. The van der Waals surface area contributed by atoms with Crippen LogP contribution in [0.1, 0.15) is 38.2 Å². The van der Waals surface area contributed by atoms with E-state index in [1.165, 1.54) is 0 Å². The Morgan fingerprint density at radius 3 is 2.80 bits per heavy atom. The van der Waals surface area contributed by atoms with Crippen molar-refractivity contribution in [1.29, 1.82) is 0 Å². The zero-order chi connectivity index (χ0) is 14.6. The molecule has 1 heterocycles. The van der Waals surface area contributed by atoms with Gasteiger partial charge in [0.25, 0.3) is 0 Å². The number of aliphatic hydroxyl groups is 1. The van der Waals surface area contributed by atoms with E-state index in [0.29, 0.717) is 25.2 Å². The van der Waals surface area contributed by atoms with E-state index in [-0.39, 0.29) is 6.10 Å². The summed E-state index contributed by atoms with van der Waals surface area (Å²) in [6, 6.07) is 5.57. The largest absolute Gasteiger partial charge is 0.497 e. The van der Waals surface area contributed by atoms with Gasteiger partial charge in [0.2, 0.25) is 0 Å². The van der Waals surface area contributed by atoms with E-state index < -0.39 is 5.60 Å². The fraction of sp³-hybridized carbons (Fsp3) is 0.625. The third-order valence-electron chi connectivity index (χ3n) is 3.96. The number of methoxy groups -OCH3 is 2. The first-order valence-electron chi connectivity index (χ1n) is 7.19. The van der Waals surface area contributed by atoms with E-state index in [9.17, 15) is 5.11 Å². The number of hydrogen-bond acceptors (Lipinski definition) is 4. The smallest absolute Gasteiger partial charge is 0.128 e. The van der Waals surface area contributed by atoms with Crippen molar-refractivity contribution >= 4 is 0 Å². The molecular weight excluding hydrogens is 256 g/mol. The van der Waals surface area contributed by atoms with E-state index >= 15 is 0 Å². The minimum absolute atomic E-state index is 0.116. The molecule has 2 atom stereocenters. The lowest BCUT2D eigenvalue weighted by molar-refractivity contribution is -0.110. The molecule has 0 saturated carbocycles. The van der Waals surface area contributed by atoms with E-state index in [4.69, 9.17) is 14.2 Å². The summed E-state index contributed by atoms with van der Waals surface area (Å²) < 4.78 is 16.4. The van der Waals surface area contributed by atoms with Crippen molar-refractivity contribution in [1.82, 2.24) is 0 Å². The minimum atomic E-state index is -0.879. The van der Waals surface area contributed by atoms with Gasteiger partial charge in [-0.1, -0.05) is 13.3 Å². The molecule has 1 aromatic carbocycles. The van der Waals surface area contributed by atoms with Crippen molar-refractivity contribution < 1.29 is 19.3 Å². The van der Waals surface area contributed by atoms with Gasteiger partial charge in [0.05, 0.1) is 32.5 Å². The molecule has 2 unspecified atom stereocenters. The van der Waals surface area contributed by atoms with Gasteiger partial charge in [-0.3, -0.25) is 0 Å². The van der Waals surface area contributed by atoms with Gasteiger partial charge < -0.3 is 19.3 Å². The Bertz CT molecular complexity index is 444. The van der Waals surface area contributed by atoms with Gasteiger partial charge in [0.15, 0.2) is 0 Å². The summed E-state index contributed by atoms with van der Waals surface area (Å²) in [5.74, 6) is 1.40. The third-order valence-corrected chi connectivity index (χ3v) is 3.96. The van der Waals surface area contributed by atoms with E-state index in [2.05, 4.69) is 6.92 Å². The second kappa shape index (κ2) is 6.46. The molecule has 1 N–H and O–H groups in total. The molecule has 2 rings (SSSR count). The van der Waals surface area contributed by atoms with Crippen LogP contribution in [0.2, 0.25) is 0 Å². The van der Waals surface area contributed by atoms with Gasteiger partial charge in [-0.25, -0.2) is 0 Å². The zero-order valence-electron chi connectivity index (χ0n) is 12.5. The molecule has 1 saturated heterocycles. The van der Waals surface area contributed by atoms with Crippen molar-refractivity contribution in [3.63, 3.8) is 0 Å². The van der Waals surface area contributed by atoms with Gasteiger partial charge in [0, 0.05) is 24.5 Å². The Balaban J connectivity index is 2.28. The summed E-state index contributed by atoms with van der Waals surface area (Å²) in [5, 5.41) is 11.0. The average molecular weight is 280 g/mol. The Kier molecular flexibility index (Phi) is 4.89. The van der Waals surface area contributed by atoms with Crippen LogP contribution in [0.25, 0.3) is 0 Å². The van der Waals surface area contributed by atoms with Crippen LogP contribution >= 0.6 is 0 Å². The van der Waals surface area contributed by atoms with Crippen molar-refractivity contribution in [3.8, 4) is 11.5 Å². The molecule has 20 heavy (non-hydrogen) atoms. The number of ether oxygens (including phenoxy) is 3. The molecule has 4 heteroatoms. The van der Waals surface area contributed by atoms with Crippen molar-refractivity contribution in [2.75, 3.05) is 20.8 Å². The van der Waals surface area contributed by atoms with Crippen LogP contribution in [0.15, 0.2) is 18.2 Å². The Labute approximate surface area is 120 Å². The van der Waals surface area contributed by atoms with Crippen molar-refractivity contribution in [3.05, 3.63) is 23.8 Å². The Morgan fingerprint density at radius 2 is 2.15 bits per heavy atom. The van der Waals surface area contributed by atoms with Crippen molar-refractivity contribution in [2.24, 2.45) is 0 Å². The maximum atomic E-state index is 11.0.